The fourth-order valence-corrected chi connectivity index (χ4v) is 4.12. The second kappa shape index (κ2) is 10.6. The molecule has 0 atom stereocenters. The Morgan fingerprint density at radius 1 is 0.973 bits per heavy atom. The molecular weight excluding hydrogens is 498 g/mol. The van der Waals surface area contributed by atoms with Gasteiger partial charge in [0.2, 0.25) is 5.06 Å². The van der Waals surface area contributed by atoms with Crippen molar-refractivity contribution in [2.24, 2.45) is 0 Å². The standard InChI is InChI=1S/C27H20F2N4O3S/c1-27(2,33-23(34)21-6-4-3-5-17(21)15-30)25(35)32-26-31-22(16-7-9-18(28)10-8-16)24(37-26)36-20-13-11-19(29)12-14-20/h3-14H,1-2H3,(H,33,34)(H,31,32,35). The van der Waals surface area contributed by atoms with Crippen LogP contribution in [-0.2, 0) is 4.79 Å². The number of nitriles is 1. The number of nitrogens with zero attached hydrogens (tertiary/aromatic N) is 2. The third kappa shape index (κ3) is 5.97. The van der Waals surface area contributed by atoms with E-state index in [4.69, 9.17) is 4.74 Å². The van der Waals surface area contributed by atoms with Gasteiger partial charge in [-0.3, -0.25) is 14.9 Å². The highest BCUT2D eigenvalue weighted by molar-refractivity contribution is 7.18. The SMILES string of the molecule is CC(C)(NC(=O)c1ccccc1C#N)C(=O)Nc1nc(-c2ccc(F)cc2)c(Oc2ccc(F)cc2)s1. The minimum absolute atomic E-state index is 0.147. The van der Waals surface area contributed by atoms with Crippen molar-refractivity contribution in [1.29, 1.82) is 5.26 Å². The van der Waals surface area contributed by atoms with Gasteiger partial charge in [-0.05, 0) is 74.5 Å². The molecule has 10 heteroatoms. The second-order valence-corrected chi connectivity index (χ2v) is 9.37. The predicted octanol–water partition coefficient (Wildman–Crippen LogP) is 5.90. The maximum atomic E-state index is 13.5. The van der Waals surface area contributed by atoms with Crippen molar-refractivity contribution < 1.29 is 23.1 Å². The summed E-state index contributed by atoms with van der Waals surface area (Å²) in [5.41, 5.74) is -0.166. The van der Waals surface area contributed by atoms with Crippen molar-refractivity contribution in [3.8, 4) is 28.1 Å². The fraction of sp³-hybridized carbons (Fsp3) is 0.111. The van der Waals surface area contributed by atoms with Gasteiger partial charge < -0.3 is 10.1 Å². The smallest absolute Gasteiger partial charge is 0.253 e. The van der Waals surface area contributed by atoms with Gasteiger partial charge >= 0.3 is 0 Å². The minimum Gasteiger partial charge on any atom is -0.444 e. The molecule has 7 nitrogen and oxygen atoms in total. The number of carbonyl (C=O) groups is 2. The Labute approximate surface area is 215 Å². The van der Waals surface area contributed by atoms with Gasteiger partial charge in [0.05, 0.1) is 17.2 Å². The lowest BCUT2D eigenvalue weighted by Crippen LogP contribution is -2.52. The Balaban J connectivity index is 1.58. The highest BCUT2D eigenvalue weighted by atomic mass is 32.1. The van der Waals surface area contributed by atoms with Crippen LogP contribution < -0.4 is 15.4 Å². The summed E-state index contributed by atoms with van der Waals surface area (Å²) in [4.78, 5) is 30.3. The summed E-state index contributed by atoms with van der Waals surface area (Å²) in [5.74, 6) is -1.66. The van der Waals surface area contributed by atoms with Crippen molar-refractivity contribution >= 4 is 28.3 Å². The minimum atomic E-state index is -1.38. The molecule has 0 spiro atoms. The van der Waals surface area contributed by atoms with Crippen LogP contribution in [0.2, 0.25) is 0 Å². The third-order valence-electron chi connectivity index (χ3n) is 5.24. The monoisotopic (exact) mass is 518 g/mol. The summed E-state index contributed by atoms with van der Waals surface area (Å²) in [5, 5.41) is 15.0. The quantitative estimate of drug-likeness (QED) is 0.317. The Hall–Kier alpha value is -4.62. The largest absolute Gasteiger partial charge is 0.444 e. The number of benzene rings is 3. The highest BCUT2D eigenvalue weighted by Gasteiger charge is 2.31. The normalized spacial score (nSPS) is 10.9. The Morgan fingerprint density at radius 2 is 1.59 bits per heavy atom. The average molecular weight is 519 g/mol. The molecule has 0 bridgehead atoms. The number of nitrogens with one attached hydrogen (secondary N) is 2. The van der Waals surface area contributed by atoms with Crippen LogP contribution in [0.1, 0.15) is 29.8 Å². The van der Waals surface area contributed by atoms with Crippen molar-refractivity contribution in [3.05, 3.63) is 95.6 Å². The van der Waals surface area contributed by atoms with Crippen LogP contribution in [-0.4, -0.2) is 22.3 Å². The number of hydrogen-bond acceptors (Lipinski definition) is 6. The van der Waals surface area contributed by atoms with Crippen LogP contribution in [0.3, 0.4) is 0 Å². The first-order chi connectivity index (χ1) is 17.7. The summed E-state index contributed by atoms with van der Waals surface area (Å²) in [6.07, 6.45) is 0. The number of halogens is 2. The molecule has 0 radical (unpaired) electrons. The summed E-state index contributed by atoms with van der Waals surface area (Å²) < 4.78 is 32.7. The van der Waals surface area contributed by atoms with Crippen LogP contribution in [0.4, 0.5) is 13.9 Å². The molecule has 186 valence electrons. The van der Waals surface area contributed by atoms with Crippen molar-refractivity contribution in [2.45, 2.75) is 19.4 Å². The van der Waals surface area contributed by atoms with E-state index in [1.807, 2.05) is 6.07 Å². The summed E-state index contributed by atoms with van der Waals surface area (Å²) in [6, 6.07) is 19.2. The number of hydrogen-bond donors (Lipinski definition) is 2. The Bertz CT molecular complexity index is 1490. The van der Waals surface area contributed by atoms with E-state index in [1.54, 1.807) is 12.1 Å². The number of thiazole rings is 1. The Morgan fingerprint density at radius 3 is 2.24 bits per heavy atom. The predicted molar refractivity (Wildman–Crippen MR) is 135 cm³/mol. The first-order valence-electron chi connectivity index (χ1n) is 11.0. The molecule has 37 heavy (non-hydrogen) atoms. The fourth-order valence-electron chi connectivity index (χ4n) is 3.27. The number of amides is 2. The van der Waals surface area contributed by atoms with Crippen LogP contribution >= 0.6 is 11.3 Å². The molecule has 0 aliphatic rings. The van der Waals surface area contributed by atoms with Gasteiger partial charge in [-0.25, -0.2) is 13.8 Å². The summed E-state index contributed by atoms with van der Waals surface area (Å²) >= 11 is 1.01. The van der Waals surface area contributed by atoms with Gasteiger partial charge in [-0.1, -0.05) is 23.5 Å². The van der Waals surface area contributed by atoms with Crippen LogP contribution in [0.15, 0.2) is 72.8 Å². The molecule has 1 heterocycles. The maximum Gasteiger partial charge on any atom is 0.253 e. The van der Waals surface area contributed by atoms with Gasteiger partial charge in [0, 0.05) is 5.56 Å². The number of ether oxygens (including phenoxy) is 1. The lowest BCUT2D eigenvalue weighted by molar-refractivity contribution is -0.120. The number of rotatable bonds is 7. The molecule has 0 fully saturated rings. The van der Waals surface area contributed by atoms with E-state index in [2.05, 4.69) is 15.6 Å². The van der Waals surface area contributed by atoms with Gasteiger partial charge in [0.1, 0.15) is 28.6 Å². The van der Waals surface area contributed by atoms with Crippen LogP contribution in [0, 0.1) is 23.0 Å². The van der Waals surface area contributed by atoms with Gasteiger partial charge in [0.25, 0.3) is 11.8 Å². The molecule has 4 aromatic rings. The maximum absolute atomic E-state index is 13.5. The lowest BCUT2D eigenvalue weighted by atomic mass is 10.0. The Kier molecular flexibility index (Phi) is 7.27. The summed E-state index contributed by atoms with van der Waals surface area (Å²) in [6.45, 7) is 3.03. The van der Waals surface area contributed by atoms with Gasteiger partial charge in [-0.15, -0.1) is 0 Å². The zero-order valence-corrected chi connectivity index (χ0v) is 20.5. The van der Waals surface area contributed by atoms with E-state index in [0.717, 1.165) is 11.3 Å². The third-order valence-corrected chi connectivity index (χ3v) is 6.09. The van der Waals surface area contributed by atoms with Gasteiger partial charge in [0.15, 0.2) is 5.13 Å². The number of anilines is 1. The molecule has 0 aliphatic carbocycles. The average Bonchev–Trinajstić information content (AvgIpc) is 3.27. The second-order valence-electron chi connectivity index (χ2n) is 8.41. The molecular formula is C27H20F2N4O3S. The number of carbonyl (C=O) groups excluding carboxylic acids is 2. The van der Waals surface area contributed by atoms with Crippen molar-refractivity contribution in [1.82, 2.24) is 10.3 Å². The molecule has 0 saturated carbocycles. The van der Waals surface area contributed by atoms with E-state index in [-0.39, 0.29) is 16.3 Å². The first-order valence-corrected chi connectivity index (χ1v) is 11.8. The highest BCUT2D eigenvalue weighted by Crippen LogP contribution is 2.40. The van der Waals surface area contributed by atoms with Crippen LogP contribution in [0.25, 0.3) is 11.3 Å². The van der Waals surface area contributed by atoms with E-state index < -0.39 is 29.0 Å². The first kappa shape index (κ1) is 25.5. The lowest BCUT2D eigenvalue weighted by Gasteiger charge is -2.24. The molecule has 0 saturated heterocycles. The summed E-state index contributed by atoms with van der Waals surface area (Å²) in [7, 11) is 0. The van der Waals surface area contributed by atoms with E-state index >= 15 is 0 Å². The van der Waals surface area contributed by atoms with Gasteiger partial charge in [-0.2, -0.15) is 5.26 Å². The topological polar surface area (TPSA) is 104 Å². The molecule has 0 unspecified atom stereocenters. The van der Waals surface area contributed by atoms with Crippen molar-refractivity contribution in [3.63, 3.8) is 0 Å². The zero-order valence-electron chi connectivity index (χ0n) is 19.7. The zero-order chi connectivity index (χ0) is 26.6. The van der Waals surface area contributed by atoms with Crippen molar-refractivity contribution in [2.75, 3.05) is 5.32 Å². The van der Waals surface area contributed by atoms with E-state index in [1.165, 1.54) is 74.5 Å². The molecule has 0 aliphatic heterocycles. The molecule has 4 rings (SSSR count). The number of aromatic nitrogens is 1. The molecule has 2 amide bonds. The molecule has 2 N–H and O–H groups in total. The van der Waals surface area contributed by atoms with E-state index in [9.17, 15) is 23.6 Å². The molecule has 3 aromatic carbocycles. The van der Waals surface area contributed by atoms with Crippen LogP contribution in [0.5, 0.6) is 10.8 Å². The molecule has 1 aromatic heterocycles. The van der Waals surface area contributed by atoms with E-state index in [0.29, 0.717) is 22.1 Å².